The van der Waals surface area contributed by atoms with E-state index in [0.29, 0.717) is 26.6 Å². The van der Waals surface area contributed by atoms with Gasteiger partial charge in [0.15, 0.2) is 16.4 Å². The van der Waals surface area contributed by atoms with Crippen molar-refractivity contribution in [2.24, 2.45) is 4.99 Å². The van der Waals surface area contributed by atoms with Crippen molar-refractivity contribution in [3.8, 4) is 0 Å². The summed E-state index contributed by atoms with van der Waals surface area (Å²) in [5.41, 5.74) is 1.16. The van der Waals surface area contributed by atoms with Crippen molar-refractivity contribution in [2.75, 3.05) is 6.61 Å². The molecule has 0 aliphatic carbocycles. The Hall–Kier alpha value is -3.36. The third-order valence-corrected chi connectivity index (χ3v) is 6.24. The van der Waals surface area contributed by atoms with E-state index in [4.69, 9.17) is 16.3 Å². The van der Waals surface area contributed by atoms with Crippen LogP contribution in [0.2, 0.25) is 5.02 Å². The zero-order chi connectivity index (χ0) is 23.7. The van der Waals surface area contributed by atoms with E-state index < -0.39 is 29.2 Å². The molecule has 0 radical (unpaired) electrons. The standard InChI is InChI=1S/C24H17ClF2N2O3S/c1-3-10-32-23(31)20-13(2)28-24-29(21(20)15-5-7-16(25)8-6-15)22(30)19(33-24)12-14-4-9-17(26)18(27)11-14/h3-9,11-12,21H,1,10H2,2H3. The van der Waals surface area contributed by atoms with Crippen LogP contribution in [0, 0.1) is 11.6 Å². The van der Waals surface area contributed by atoms with Crippen molar-refractivity contribution in [3.63, 3.8) is 0 Å². The topological polar surface area (TPSA) is 60.7 Å². The molecule has 3 aromatic rings. The summed E-state index contributed by atoms with van der Waals surface area (Å²) in [7, 11) is 0. The fraction of sp³-hybridized carbons (Fsp3) is 0.125. The highest BCUT2D eigenvalue weighted by molar-refractivity contribution is 7.07. The van der Waals surface area contributed by atoms with Gasteiger partial charge in [-0.3, -0.25) is 9.36 Å². The van der Waals surface area contributed by atoms with Gasteiger partial charge in [0.2, 0.25) is 0 Å². The average Bonchev–Trinajstić information content (AvgIpc) is 3.09. The second-order valence-electron chi connectivity index (χ2n) is 7.19. The predicted octanol–water partition coefficient (Wildman–Crippen LogP) is 3.90. The Labute approximate surface area is 196 Å². The number of carbonyl (C=O) groups excluding carboxylic acids is 1. The van der Waals surface area contributed by atoms with Gasteiger partial charge in [-0.05, 0) is 48.4 Å². The largest absolute Gasteiger partial charge is 0.458 e. The number of nitrogens with zero attached hydrogens (tertiary/aromatic N) is 2. The molecule has 1 aliphatic rings. The van der Waals surface area contributed by atoms with Gasteiger partial charge in [-0.15, -0.1) is 0 Å². The number of thiazole rings is 1. The molecule has 0 fully saturated rings. The maximum atomic E-state index is 13.6. The number of benzene rings is 2. The highest BCUT2D eigenvalue weighted by Crippen LogP contribution is 2.31. The molecule has 0 spiro atoms. The van der Waals surface area contributed by atoms with E-state index in [1.165, 1.54) is 22.8 Å². The molecule has 0 saturated carbocycles. The second kappa shape index (κ2) is 9.25. The van der Waals surface area contributed by atoms with Gasteiger partial charge in [-0.1, -0.05) is 53.8 Å². The molecule has 0 N–H and O–H groups in total. The zero-order valence-corrected chi connectivity index (χ0v) is 18.9. The van der Waals surface area contributed by atoms with Crippen molar-refractivity contribution < 1.29 is 18.3 Å². The summed E-state index contributed by atoms with van der Waals surface area (Å²) in [6.45, 7) is 5.22. The van der Waals surface area contributed by atoms with Gasteiger partial charge < -0.3 is 4.74 Å². The number of allylic oxidation sites excluding steroid dienone is 1. The summed E-state index contributed by atoms with van der Waals surface area (Å²) < 4.78 is 33.9. The minimum Gasteiger partial charge on any atom is -0.458 e. The lowest BCUT2D eigenvalue weighted by Crippen LogP contribution is -2.39. The fourth-order valence-corrected chi connectivity index (χ4v) is 4.68. The van der Waals surface area contributed by atoms with E-state index >= 15 is 0 Å². The van der Waals surface area contributed by atoms with E-state index in [1.807, 2.05) is 0 Å². The third-order valence-electron chi connectivity index (χ3n) is 5.00. The lowest BCUT2D eigenvalue weighted by molar-refractivity contribution is -0.138. The van der Waals surface area contributed by atoms with Crippen LogP contribution in [0.5, 0.6) is 0 Å². The van der Waals surface area contributed by atoms with E-state index in [9.17, 15) is 18.4 Å². The monoisotopic (exact) mass is 486 g/mol. The van der Waals surface area contributed by atoms with Gasteiger partial charge in [-0.25, -0.2) is 18.6 Å². The normalized spacial score (nSPS) is 15.8. The average molecular weight is 487 g/mol. The molecule has 9 heteroatoms. The molecule has 2 heterocycles. The van der Waals surface area contributed by atoms with E-state index in [0.717, 1.165) is 23.5 Å². The van der Waals surface area contributed by atoms with E-state index in [1.54, 1.807) is 31.2 Å². The highest BCUT2D eigenvalue weighted by Gasteiger charge is 2.33. The Bertz CT molecular complexity index is 1470. The molecule has 0 amide bonds. The van der Waals surface area contributed by atoms with Crippen LogP contribution in [0.3, 0.4) is 0 Å². The lowest BCUT2D eigenvalue weighted by atomic mass is 9.96. The van der Waals surface area contributed by atoms with Gasteiger partial charge in [-0.2, -0.15) is 0 Å². The van der Waals surface area contributed by atoms with E-state index in [2.05, 4.69) is 11.6 Å². The fourth-order valence-electron chi connectivity index (χ4n) is 3.51. The number of ether oxygens (including phenoxy) is 1. The molecule has 168 valence electrons. The van der Waals surface area contributed by atoms with Crippen LogP contribution in [-0.2, 0) is 9.53 Å². The summed E-state index contributed by atoms with van der Waals surface area (Å²) in [5.74, 6) is -2.61. The van der Waals surface area contributed by atoms with Gasteiger partial charge in [0, 0.05) is 5.02 Å². The molecular formula is C24H17ClF2N2O3S. The van der Waals surface area contributed by atoms with Crippen molar-refractivity contribution >= 4 is 35.0 Å². The molecule has 1 aromatic heterocycles. The Balaban J connectivity index is 1.93. The number of aromatic nitrogens is 1. The van der Waals surface area contributed by atoms with Crippen LogP contribution in [-0.4, -0.2) is 17.1 Å². The van der Waals surface area contributed by atoms with Gasteiger partial charge >= 0.3 is 5.97 Å². The summed E-state index contributed by atoms with van der Waals surface area (Å²) in [6, 6.07) is 9.34. The smallest absolute Gasteiger partial charge is 0.338 e. The van der Waals surface area contributed by atoms with Crippen LogP contribution in [0.4, 0.5) is 8.78 Å². The third kappa shape index (κ3) is 4.44. The Morgan fingerprint density at radius 1 is 1.24 bits per heavy atom. The predicted molar refractivity (Wildman–Crippen MR) is 123 cm³/mol. The first-order valence-electron chi connectivity index (χ1n) is 9.81. The summed E-state index contributed by atoms with van der Waals surface area (Å²) >= 11 is 7.12. The minimum absolute atomic E-state index is 0.00347. The van der Waals surface area contributed by atoms with Crippen molar-refractivity contribution in [3.05, 3.63) is 114 Å². The number of esters is 1. The van der Waals surface area contributed by atoms with Crippen molar-refractivity contribution in [2.45, 2.75) is 13.0 Å². The number of fused-ring (bicyclic) bond motifs is 1. The second-order valence-corrected chi connectivity index (χ2v) is 8.64. The van der Waals surface area contributed by atoms with Crippen LogP contribution < -0.4 is 14.9 Å². The zero-order valence-electron chi connectivity index (χ0n) is 17.3. The molecule has 2 aromatic carbocycles. The molecule has 1 unspecified atom stereocenters. The molecule has 1 aliphatic heterocycles. The summed E-state index contributed by atoms with van der Waals surface area (Å²) in [5, 5.41) is 0.501. The first-order valence-corrected chi connectivity index (χ1v) is 11.0. The first kappa shape index (κ1) is 22.8. The Kier molecular flexibility index (Phi) is 6.40. The number of hydrogen-bond acceptors (Lipinski definition) is 5. The first-order chi connectivity index (χ1) is 15.8. The molecule has 0 bridgehead atoms. The van der Waals surface area contributed by atoms with Crippen molar-refractivity contribution in [1.29, 1.82) is 0 Å². The maximum absolute atomic E-state index is 13.6. The van der Waals surface area contributed by atoms with Crippen LogP contribution in [0.15, 0.2) is 76.2 Å². The maximum Gasteiger partial charge on any atom is 0.338 e. The highest BCUT2D eigenvalue weighted by atomic mass is 35.5. The number of halogens is 3. The summed E-state index contributed by atoms with van der Waals surface area (Å²) in [6.07, 6.45) is 2.91. The van der Waals surface area contributed by atoms with Crippen LogP contribution in [0.25, 0.3) is 6.08 Å². The molecular weight excluding hydrogens is 470 g/mol. The molecule has 33 heavy (non-hydrogen) atoms. The van der Waals surface area contributed by atoms with Gasteiger partial charge in [0.1, 0.15) is 6.61 Å². The number of rotatable bonds is 5. The van der Waals surface area contributed by atoms with Gasteiger partial charge in [0.05, 0.1) is 21.8 Å². The van der Waals surface area contributed by atoms with Crippen LogP contribution >= 0.6 is 22.9 Å². The number of hydrogen-bond donors (Lipinski definition) is 0. The minimum atomic E-state index is -1.02. The quantitative estimate of drug-likeness (QED) is 0.406. The molecule has 1 atom stereocenters. The van der Waals surface area contributed by atoms with Crippen LogP contribution in [0.1, 0.15) is 24.1 Å². The molecule has 0 saturated heterocycles. The van der Waals surface area contributed by atoms with Crippen molar-refractivity contribution in [1.82, 2.24) is 4.57 Å². The summed E-state index contributed by atoms with van der Waals surface area (Å²) in [4.78, 5) is 31.1. The van der Waals surface area contributed by atoms with E-state index in [-0.39, 0.29) is 16.7 Å². The molecule has 5 nitrogen and oxygen atoms in total. The Morgan fingerprint density at radius 3 is 2.64 bits per heavy atom. The number of carbonyl (C=O) groups is 1. The lowest BCUT2D eigenvalue weighted by Gasteiger charge is -2.24. The molecule has 4 rings (SSSR count). The van der Waals surface area contributed by atoms with Gasteiger partial charge in [0.25, 0.3) is 5.56 Å². The Morgan fingerprint density at radius 2 is 1.97 bits per heavy atom. The SMILES string of the molecule is C=CCOC(=O)C1=C(C)N=c2sc(=Cc3ccc(F)c(F)c3)c(=O)n2C1c1ccc(Cl)cc1.